The first kappa shape index (κ1) is 18.5. The van der Waals surface area contributed by atoms with Crippen LogP contribution in [0.25, 0.3) is 0 Å². The molecule has 0 aromatic heterocycles. The highest BCUT2D eigenvalue weighted by atomic mass is 127. The lowest BCUT2D eigenvalue weighted by molar-refractivity contribution is -0.118. The van der Waals surface area contributed by atoms with E-state index < -0.39 is 0 Å². The second-order valence-corrected chi connectivity index (χ2v) is 6.84. The third-order valence-corrected chi connectivity index (χ3v) is 4.13. The summed E-state index contributed by atoms with van der Waals surface area (Å²) in [4.78, 5) is 25.5. The van der Waals surface area contributed by atoms with Gasteiger partial charge in [0, 0.05) is 23.2 Å². The summed E-state index contributed by atoms with van der Waals surface area (Å²) in [5, 5.41) is 3.01. The molecule has 5 nitrogen and oxygen atoms in total. The summed E-state index contributed by atoms with van der Waals surface area (Å²) in [6.45, 7) is -0.150. The molecule has 2 aromatic carbocycles. The second-order valence-electron chi connectivity index (χ2n) is 5.18. The molecule has 0 bridgehead atoms. The van der Waals surface area contributed by atoms with Gasteiger partial charge in [-0.3, -0.25) is 9.59 Å². The van der Waals surface area contributed by atoms with Crippen molar-refractivity contribution in [2.45, 2.75) is 0 Å². The van der Waals surface area contributed by atoms with E-state index in [2.05, 4.69) is 27.9 Å². The molecule has 0 spiro atoms. The maximum Gasteiger partial charge on any atom is 0.262 e. The Morgan fingerprint density at radius 3 is 2.46 bits per heavy atom. The van der Waals surface area contributed by atoms with Gasteiger partial charge in [0.05, 0.1) is 10.7 Å². The van der Waals surface area contributed by atoms with Gasteiger partial charge < -0.3 is 15.0 Å². The number of anilines is 1. The van der Waals surface area contributed by atoms with Gasteiger partial charge in [0.1, 0.15) is 5.75 Å². The standard InChI is InChI=1S/C17H16ClIN2O3/c1-21(2)17(23)11-3-8-14(18)15(9-11)20-16(22)10-24-13-6-4-12(19)5-7-13/h3-9H,10H2,1-2H3,(H,20,22). The van der Waals surface area contributed by atoms with Crippen molar-refractivity contribution in [2.24, 2.45) is 0 Å². The van der Waals surface area contributed by atoms with E-state index >= 15 is 0 Å². The summed E-state index contributed by atoms with van der Waals surface area (Å²) >= 11 is 8.27. The highest BCUT2D eigenvalue weighted by molar-refractivity contribution is 14.1. The molecule has 1 N–H and O–H groups in total. The predicted molar refractivity (Wildman–Crippen MR) is 103 cm³/mol. The lowest BCUT2D eigenvalue weighted by Gasteiger charge is -2.13. The van der Waals surface area contributed by atoms with Gasteiger partial charge in [0.25, 0.3) is 11.8 Å². The van der Waals surface area contributed by atoms with Crippen molar-refractivity contribution < 1.29 is 14.3 Å². The number of halogens is 2. The number of nitrogens with one attached hydrogen (secondary N) is 1. The van der Waals surface area contributed by atoms with Crippen molar-refractivity contribution in [1.29, 1.82) is 0 Å². The molecule has 2 aromatic rings. The first-order valence-electron chi connectivity index (χ1n) is 7.06. The van der Waals surface area contributed by atoms with Crippen LogP contribution >= 0.6 is 34.2 Å². The van der Waals surface area contributed by atoms with E-state index in [1.54, 1.807) is 44.4 Å². The Labute approximate surface area is 159 Å². The SMILES string of the molecule is CN(C)C(=O)c1ccc(Cl)c(NC(=O)COc2ccc(I)cc2)c1. The minimum atomic E-state index is -0.357. The molecule has 0 aliphatic heterocycles. The first-order valence-corrected chi connectivity index (χ1v) is 8.52. The molecule has 2 rings (SSSR count). The molecule has 0 atom stereocenters. The van der Waals surface area contributed by atoms with Crippen molar-refractivity contribution in [1.82, 2.24) is 4.90 Å². The van der Waals surface area contributed by atoms with E-state index in [1.807, 2.05) is 12.1 Å². The Morgan fingerprint density at radius 2 is 1.83 bits per heavy atom. The van der Waals surface area contributed by atoms with Gasteiger partial charge in [0.2, 0.25) is 0 Å². The summed E-state index contributed by atoms with van der Waals surface area (Å²) in [6, 6.07) is 12.1. The second kappa shape index (κ2) is 8.34. The van der Waals surface area contributed by atoms with Crippen molar-refractivity contribution in [3.63, 3.8) is 0 Å². The van der Waals surface area contributed by atoms with Gasteiger partial charge in [-0.1, -0.05) is 11.6 Å². The molecule has 0 fully saturated rings. The summed E-state index contributed by atoms with van der Waals surface area (Å²) in [6.07, 6.45) is 0. The molecular weight excluding hydrogens is 443 g/mol. The maximum absolute atomic E-state index is 12.0. The third kappa shape index (κ3) is 5.10. The number of nitrogens with zero attached hydrogens (tertiary/aromatic N) is 1. The monoisotopic (exact) mass is 458 g/mol. The van der Waals surface area contributed by atoms with Crippen molar-refractivity contribution in [3.05, 3.63) is 56.6 Å². The molecular formula is C17H16ClIN2O3. The fourth-order valence-corrected chi connectivity index (χ4v) is 2.40. The topological polar surface area (TPSA) is 58.6 Å². The quantitative estimate of drug-likeness (QED) is 0.696. The average molecular weight is 459 g/mol. The van der Waals surface area contributed by atoms with Crippen LogP contribution in [-0.4, -0.2) is 37.4 Å². The number of carbonyl (C=O) groups is 2. The summed E-state index contributed by atoms with van der Waals surface area (Å²) in [7, 11) is 3.31. The normalized spacial score (nSPS) is 10.2. The number of rotatable bonds is 5. The largest absolute Gasteiger partial charge is 0.484 e. The smallest absolute Gasteiger partial charge is 0.262 e. The minimum absolute atomic E-state index is 0.150. The fraction of sp³-hybridized carbons (Fsp3) is 0.176. The van der Waals surface area contributed by atoms with Crippen LogP contribution in [0.3, 0.4) is 0 Å². The van der Waals surface area contributed by atoms with E-state index in [0.29, 0.717) is 22.0 Å². The van der Waals surface area contributed by atoms with Crippen LogP contribution in [-0.2, 0) is 4.79 Å². The molecule has 0 radical (unpaired) electrons. The van der Waals surface area contributed by atoms with E-state index in [0.717, 1.165) is 3.57 Å². The number of amides is 2. The molecule has 24 heavy (non-hydrogen) atoms. The zero-order valence-electron chi connectivity index (χ0n) is 13.2. The number of hydrogen-bond acceptors (Lipinski definition) is 3. The summed E-state index contributed by atoms with van der Waals surface area (Å²) in [5.41, 5.74) is 0.818. The maximum atomic E-state index is 12.0. The van der Waals surface area contributed by atoms with Crippen LogP contribution in [0, 0.1) is 3.57 Å². The third-order valence-electron chi connectivity index (χ3n) is 3.08. The Balaban J connectivity index is 2.01. The molecule has 0 aliphatic rings. The zero-order valence-corrected chi connectivity index (χ0v) is 16.1. The van der Waals surface area contributed by atoms with E-state index in [1.165, 1.54) is 4.90 Å². The summed E-state index contributed by atoms with van der Waals surface area (Å²) < 4.78 is 6.50. The van der Waals surface area contributed by atoms with Gasteiger partial charge in [-0.25, -0.2) is 0 Å². The van der Waals surface area contributed by atoms with Crippen molar-refractivity contribution in [3.8, 4) is 5.75 Å². The molecule has 0 heterocycles. The predicted octanol–water partition coefficient (Wildman–Crippen LogP) is 3.66. The number of carbonyl (C=O) groups excluding carboxylic acids is 2. The van der Waals surface area contributed by atoms with Gasteiger partial charge in [-0.05, 0) is 65.1 Å². The van der Waals surface area contributed by atoms with Crippen LogP contribution in [0.5, 0.6) is 5.75 Å². The van der Waals surface area contributed by atoms with Crippen molar-refractivity contribution in [2.75, 3.05) is 26.0 Å². The molecule has 0 saturated carbocycles. The molecule has 126 valence electrons. The first-order chi connectivity index (χ1) is 11.4. The van der Waals surface area contributed by atoms with Crippen LogP contribution in [0.2, 0.25) is 5.02 Å². The zero-order chi connectivity index (χ0) is 17.7. The molecule has 7 heteroatoms. The van der Waals surface area contributed by atoms with E-state index in [-0.39, 0.29) is 18.4 Å². The van der Waals surface area contributed by atoms with Crippen LogP contribution < -0.4 is 10.1 Å². The van der Waals surface area contributed by atoms with Gasteiger partial charge in [-0.2, -0.15) is 0 Å². The number of benzene rings is 2. The summed E-state index contributed by atoms with van der Waals surface area (Å²) in [5.74, 6) is 0.0791. The lowest BCUT2D eigenvalue weighted by Crippen LogP contribution is -2.23. The van der Waals surface area contributed by atoms with Crippen molar-refractivity contribution >= 4 is 51.7 Å². The van der Waals surface area contributed by atoms with E-state index in [9.17, 15) is 9.59 Å². The minimum Gasteiger partial charge on any atom is -0.484 e. The fourth-order valence-electron chi connectivity index (χ4n) is 1.88. The average Bonchev–Trinajstić information content (AvgIpc) is 2.55. The molecule has 2 amide bonds. The van der Waals surface area contributed by atoms with Crippen LogP contribution in [0.4, 0.5) is 5.69 Å². The molecule has 0 saturated heterocycles. The Morgan fingerprint density at radius 1 is 1.17 bits per heavy atom. The Kier molecular flexibility index (Phi) is 6.44. The Hall–Kier alpha value is -1.80. The number of hydrogen-bond donors (Lipinski definition) is 1. The van der Waals surface area contributed by atoms with Gasteiger partial charge in [-0.15, -0.1) is 0 Å². The van der Waals surface area contributed by atoms with E-state index in [4.69, 9.17) is 16.3 Å². The Bertz CT molecular complexity index is 748. The van der Waals surface area contributed by atoms with Crippen LogP contribution in [0.1, 0.15) is 10.4 Å². The highest BCUT2D eigenvalue weighted by Crippen LogP contribution is 2.23. The van der Waals surface area contributed by atoms with Crippen LogP contribution in [0.15, 0.2) is 42.5 Å². The molecule has 0 aliphatic carbocycles. The lowest BCUT2D eigenvalue weighted by atomic mass is 10.2. The van der Waals surface area contributed by atoms with Gasteiger partial charge in [0.15, 0.2) is 6.61 Å². The van der Waals surface area contributed by atoms with Gasteiger partial charge >= 0.3 is 0 Å². The molecule has 0 unspecified atom stereocenters. The highest BCUT2D eigenvalue weighted by Gasteiger charge is 2.12. The number of ether oxygens (including phenoxy) is 1.